The third-order valence-electron chi connectivity index (χ3n) is 2.64. The Morgan fingerprint density at radius 1 is 1.00 bits per heavy atom. The highest BCUT2D eigenvalue weighted by molar-refractivity contribution is 5.56. The molecule has 0 radical (unpaired) electrons. The van der Waals surface area contributed by atoms with E-state index < -0.39 is 0 Å². The van der Waals surface area contributed by atoms with Crippen LogP contribution in [0, 0.1) is 13.8 Å². The molecule has 2 nitrogen and oxygen atoms in total. The Kier molecular flexibility index (Phi) is 5.19. The summed E-state index contributed by atoms with van der Waals surface area (Å²) in [5.74, 6) is 0. The van der Waals surface area contributed by atoms with Crippen LogP contribution in [0.4, 0.5) is 5.69 Å². The lowest BCUT2D eigenvalue weighted by Gasteiger charge is -2.12. The SMILES string of the molecule is CNCCCCNc1c(C)cccc1C. The van der Waals surface area contributed by atoms with Crippen LogP contribution in [-0.4, -0.2) is 20.1 Å². The minimum absolute atomic E-state index is 1.06. The number of unbranched alkanes of at least 4 members (excludes halogenated alkanes) is 1. The van der Waals surface area contributed by atoms with Crippen molar-refractivity contribution < 1.29 is 0 Å². The smallest absolute Gasteiger partial charge is 0.0399 e. The average molecular weight is 206 g/mol. The fraction of sp³-hybridized carbons (Fsp3) is 0.538. The van der Waals surface area contributed by atoms with Crippen molar-refractivity contribution in [3.63, 3.8) is 0 Å². The molecule has 1 aromatic rings. The summed E-state index contributed by atoms with van der Waals surface area (Å²) in [5.41, 5.74) is 3.98. The number of anilines is 1. The molecule has 15 heavy (non-hydrogen) atoms. The van der Waals surface area contributed by atoms with E-state index in [1.165, 1.54) is 29.7 Å². The number of rotatable bonds is 6. The van der Waals surface area contributed by atoms with Gasteiger partial charge in [0.05, 0.1) is 0 Å². The van der Waals surface area contributed by atoms with Gasteiger partial charge in [-0.15, -0.1) is 0 Å². The molecule has 0 saturated heterocycles. The quantitative estimate of drug-likeness (QED) is 0.699. The monoisotopic (exact) mass is 206 g/mol. The maximum absolute atomic E-state index is 3.51. The molecule has 0 aromatic heterocycles. The van der Waals surface area contributed by atoms with Gasteiger partial charge >= 0.3 is 0 Å². The second-order valence-corrected chi connectivity index (χ2v) is 4.00. The molecule has 0 heterocycles. The largest absolute Gasteiger partial charge is 0.385 e. The van der Waals surface area contributed by atoms with Gasteiger partial charge in [0.2, 0.25) is 0 Å². The Balaban J connectivity index is 2.37. The highest BCUT2D eigenvalue weighted by Gasteiger charge is 1.99. The summed E-state index contributed by atoms with van der Waals surface area (Å²) in [6.45, 7) is 6.48. The Hall–Kier alpha value is -1.02. The van der Waals surface area contributed by atoms with E-state index in [0.717, 1.165) is 13.1 Å². The Labute approximate surface area is 93.1 Å². The van der Waals surface area contributed by atoms with Crippen molar-refractivity contribution in [2.45, 2.75) is 26.7 Å². The van der Waals surface area contributed by atoms with Gasteiger partial charge in [0, 0.05) is 12.2 Å². The van der Waals surface area contributed by atoms with Crippen LogP contribution in [0.1, 0.15) is 24.0 Å². The topological polar surface area (TPSA) is 24.1 Å². The van der Waals surface area contributed by atoms with Crippen LogP contribution in [-0.2, 0) is 0 Å². The van der Waals surface area contributed by atoms with E-state index in [-0.39, 0.29) is 0 Å². The predicted octanol–water partition coefficient (Wildman–Crippen LogP) is 2.71. The molecule has 0 atom stereocenters. The van der Waals surface area contributed by atoms with Crippen LogP contribution in [0.2, 0.25) is 0 Å². The molecule has 0 aliphatic carbocycles. The Bertz CT molecular complexity index is 274. The van der Waals surface area contributed by atoms with Gasteiger partial charge in [-0.2, -0.15) is 0 Å². The highest BCUT2D eigenvalue weighted by atomic mass is 14.9. The fourth-order valence-corrected chi connectivity index (χ4v) is 1.73. The maximum atomic E-state index is 3.51. The number of aryl methyl sites for hydroxylation is 2. The normalized spacial score (nSPS) is 10.3. The van der Waals surface area contributed by atoms with Crippen molar-refractivity contribution in [3.05, 3.63) is 29.3 Å². The third-order valence-corrected chi connectivity index (χ3v) is 2.64. The molecule has 2 heteroatoms. The van der Waals surface area contributed by atoms with Gasteiger partial charge in [-0.3, -0.25) is 0 Å². The van der Waals surface area contributed by atoms with Gasteiger partial charge in [0.1, 0.15) is 0 Å². The van der Waals surface area contributed by atoms with Gasteiger partial charge in [0.25, 0.3) is 0 Å². The number of benzene rings is 1. The van der Waals surface area contributed by atoms with E-state index in [4.69, 9.17) is 0 Å². The Morgan fingerprint density at radius 3 is 2.20 bits per heavy atom. The average Bonchev–Trinajstić information content (AvgIpc) is 2.21. The summed E-state index contributed by atoms with van der Waals surface area (Å²) in [5, 5.41) is 6.67. The van der Waals surface area contributed by atoms with Crippen LogP contribution in [0.15, 0.2) is 18.2 Å². The van der Waals surface area contributed by atoms with E-state index >= 15 is 0 Å². The summed E-state index contributed by atoms with van der Waals surface area (Å²) in [6.07, 6.45) is 2.45. The van der Waals surface area contributed by atoms with Crippen molar-refractivity contribution in [3.8, 4) is 0 Å². The molecular formula is C13H22N2. The van der Waals surface area contributed by atoms with Gasteiger partial charge < -0.3 is 10.6 Å². The summed E-state index contributed by atoms with van der Waals surface area (Å²) in [4.78, 5) is 0. The summed E-state index contributed by atoms with van der Waals surface area (Å²) < 4.78 is 0. The summed E-state index contributed by atoms with van der Waals surface area (Å²) in [7, 11) is 2.00. The zero-order valence-corrected chi connectivity index (χ0v) is 10.1. The second kappa shape index (κ2) is 6.46. The van der Waals surface area contributed by atoms with E-state index in [1.807, 2.05) is 7.05 Å². The van der Waals surface area contributed by atoms with Crippen molar-refractivity contribution >= 4 is 5.69 Å². The molecule has 0 saturated carbocycles. The third kappa shape index (κ3) is 3.92. The van der Waals surface area contributed by atoms with E-state index in [1.54, 1.807) is 0 Å². The molecule has 0 aliphatic rings. The molecule has 2 N–H and O–H groups in total. The van der Waals surface area contributed by atoms with E-state index in [2.05, 4.69) is 42.7 Å². The van der Waals surface area contributed by atoms with Crippen molar-refractivity contribution in [2.24, 2.45) is 0 Å². The van der Waals surface area contributed by atoms with E-state index in [0.29, 0.717) is 0 Å². The molecule has 0 spiro atoms. The van der Waals surface area contributed by atoms with Crippen LogP contribution >= 0.6 is 0 Å². The fourth-order valence-electron chi connectivity index (χ4n) is 1.73. The first-order valence-corrected chi connectivity index (χ1v) is 5.70. The number of nitrogens with one attached hydrogen (secondary N) is 2. The highest BCUT2D eigenvalue weighted by Crippen LogP contribution is 2.19. The van der Waals surface area contributed by atoms with E-state index in [9.17, 15) is 0 Å². The zero-order chi connectivity index (χ0) is 11.1. The molecule has 0 bridgehead atoms. The van der Waals surface area contributed by atoms with Crippen molar-refractivity contribution in [2.75, 3.05) is 25.5 Å². The number of hydrogen-bond acceptors (Lipinski definition) is 2. The minimum Gasteiger partial charge on any atom is -0.385 e. The lowest BCUT2D eigenvalue weighted by atomic mass is 10.1. The molecular weight excluding hydrogens is 184 g/mol. The Morgan fingerprint density at radius 2 is 1.60 bits per heavy atom. The molecule has 1 rings (SSSR count). The van der Waals surface area contributed by atoms with Gasteiger partial charge in [-0.05, 0) is 51.4 Å². The lowest BCUT2D eigenvalue weighted by Crippen LogP contribution is -2.10. The van der Waals surface area contributed by atoms with Crippen LogP contribution < -0.4 is 10.6 Å². The molecule has 0 aliphatic heterocycles. The molecule has 84 valence electrons. The maximum Gasteiger partial charge on any atom is 0.0399 e. The summed E-state index contributed by atoms with van der Waals surface area (Å²) in [6, 6.07) is 6.42. The zero-order valence-electron chi connectivity index (χ0n) is 10.1. The summed E-state index contributed by atoms with van der Waals surface area (Å²) >= 11 is 0. The van der Waals surface area contributed by atoms with Crippen LogP contribution in [0.5, 0.6) is 0 Å². The second-order valence-electron chi connectivity index (χ2n) is 4.00. The van der Waals surface area contributed by atoms with Crippen molar-refractivity contribution in [1.82, 2.24) is 5.32 Å². The first kappa shape index (κ1) is 12.1. The minimum atomic E-state index is 1.06. The molecule has 1 aromatic carbocycles. The van der Waals surface area contributed by atoms with Gasteiger partial charge in [-0.25, -0.2) is 0 Å². The first-order valence-electron chi connectivity index (χ1n) is 5.70. The predicted molar refractivity (Wildman–Crippen MR) is 67.6 cm³/mol. The molecule has 0 amide bonds. The first-order chi connectivity index (χ1) is 7.25. The van der Waals surface area contributed by atoms with Crippen LogP contribution in [0.25, 0.3) is 0 Å². The molecule has 0 fully saturated rings. The number of hydrogen-bond donors (Lipinski definition) is 2. The lowest BCUT2D eigenvalue weighted by molar-refractivity contribution is 0.694. The van der Waals surface area contributed by atoms with Crippen molar-refractivity contribution in [1.29, 1.82) is 0 Å². The van der Waals surface area contributed by atoms with Gasteiger partial charge in [0.15, 0.2) is 0 Å². The van der Waals surface area contributed by atoms with Crippen LogP contribution in [0.3, 0.4) is 0 Å². The number of para-hydroxylation sites is 1. The molecule has 0 unspecified atom stereocenters. The standard InChI is InChI=1S/C13H22N2/c1-11-7-6-8-12(2)13(11)15-10-5-4-9-14-3/h6-8,14-15H,4-5,9-10H2,1-3H3. The van der Waals surface area contributed by atoms with Gasteiger partial charge in [-0.1, -0.05) is 18.2 Å².